The van der Waals surface area contributed by atoms with Crippen molar-refractivity contribution in [1.29, 1.82) is 0 Å². The van der Waals surface area contributed by atoms with Crippen molar-refractivity contribution in [3.63, 3.8) is 0 Å². The lowest BCUT2D eigenvalue weighted by atomic mass is 9.93. The summed E-state index contributed by atoms with van der Waals surface area (Å²) in [6.07, 6.45) is 3.07. The number of nitrogens with zero attached hydrogens (tertiary/aromatic N) is 1. The van der Waals surface area contributed by atoms with E-state index in [1.54, 1.807) is 0 Å². The lowest BCUT2D eigenvalue weighted by Gasteiger charge is -2.22. The minimum Gasteiger partial charge on any atom is -0.313 e. The van der Waals surface area contributed by atoms with Crippen molar-refractivity contribution >= 4 is 0 Å². The zero-order valence-corrected chi connectivity index (χ0v) is 9.54. The molecule has 0 aliphatic heterocycles. The predicted octanol–water partition coefficient (Wildman–Crippen LogP) is 2.70. The van der Waals surface area contributed by atoms with Gasteiger partial charge in [0.25, 0.3) is 0 Å². The quantitative estimate of drug-likeness (QED) is 0.793. The number of hydrogen-bond donors (Lipinski definition) is 1. The van der Waals surface area contributed by atoms with E-state index in [-0.39, 0.29) is 0 Å². The number of aryl methyl sites for hydroxylation is 1. The van der Waals surface area contributed by atoms with E-state index in [0.29, 0.717) is 12.0 Å². The minimum absolute atomic E-state index is 0.446. The molecule has 0 aliphatic rings. The van der Waals surface area contributed by atoms with Gasteiger partial charge in [-0.3, -0.25) is 4.98 Å². The Morgan fingerprint density at radius 2 is 2.21 bits per heavy atom. The van der Waals surface area contributed by atoms with Crippen molar-refractivity contribution in [2.75, 3.05) is 7.05 Å². The number of rotatable bonds is 4. The summed E-state index contributed by atoms with van der Waals surface area (Å²) >= 11 is 0. The lowest BCUT2D eigenvalue weighted by Crippen LogP contribution is -2.23. The molecular formula is C12H20N2. The summed E-state index contributed by atoms with van der Waals surface area (Å²) in [5.74, 6) is 0.654. The van der Waals surface area contributed by atoms with E-state index in [2.05, 4.69) is 36.3 Å². The van der Waals surface area contributed by atoms with Crippen LogP contribution in [0.15, 0.2) is 18.3 Å². The minimum atomic E-state index is 0.446. The molecule has 0 fully saturated rings. The van der Waals surface area contributed by atoms with E-state index >= 15 is 0 Å². The van der Waals surface area contributed by atoms with Gasteiger partial charge in [-0.05, 0) is 37.6 Å². The van der Waals surface area contributed by atoms with Crippen LogP contribution in [0.4, 0.5) is 0 Å². The fourth-order valence-electron chi connectivity index (χ4n) is 1.78. The van der Waals surface area contributed by atoms with Crippen LogP contribution in [0, 0.1) is 12.8 Å². The molecule has 0 radical (unpaired) electrons. The Morgan fingerprint density at radius 1 is 1.50 bits per heavy atom. The van der Waals surface area contributed by atoms with Gasteiger partial charge in [-0.2, -0.15) is 0 Å². The molecule has 2 atom stereocenters. The van der Waals surface area contributed by atoms with E-state index in [1.165, 1.54) is 12.0 Å². The Morgan fingerprint density at radius 3 is 2.71 bits per heavy atom. The molecule has 0 aliphatic carbocycles. The van der Waals surface area contributed by atoms with Gasteiger partial charge in [0.1, 0.15) is 0 Å². The predicted molar refractivity (Wildman–Crippen MR) is 60.2 cm³/mol. The molecule has 1 rings (SSSR count). The van der Waals surface area contributed by atoms with E-state index in [4.69, 9.17) is 0 Å². The molecule has 1 aromatic rings. The highest BCUT2D eigenvalue weighted by Gasteiger charge is 2.15. The molecule has 0 saturated carbocycles. The molecule has 0 amide bonds. The van der Waals surface area contributed by atoms with Gasteiger partial charge in [0.05, 0.1) is 0 Å². The smallest absolute Gasteiger partial charge is 0.0375 e. The Labute approximate surface area is 86.8 Å². The highest BCUT2D eigenvalue weighted by molar-refractivity contribution is 5.19. The van der Waals surface area contributed by atoms with Crippen LogP contribution < -0.4 is 5.32 Å². The Kier molecular flexibility index (Phi) is 4.08. The Balaban J connectivity index is 2.89. The maximum Gasteiger partial charge on any atom is 0.0375 e. The molecule has 0 aromatic carbocycles. The van der Waals surface area contributed by atoms with Crippen LogP contribution >= 0.6 is 0 Å². The number of pyridine rings is 1. The third-order valence-corrected chi connectivity index (χ3v) is 2.80. The van der Waals surface area contributed by atoms with Crippen molar-refractivity contribution in [3.8, 4) is 0 Å². The van der Waals surface area contributed by atoms with Crippen molar-refractivity contribution in [2.45, 2.75) is 33.2 Å². The molecule has 0 bridgehead atoms. The van der Waals surface area contributed by atoms with Gasteiger partial charge in [0.2, 0.25) is 0 Å². The average Bonchev–Trinajstić information content (AvgIpc) is 2.19. The lowest BCUT2D eigenvalue weighted by molar-refractivity contribution is 0.400. The van der Waals surface area contributed by atoms with Crippen LogP contribution in [0.1, 0.15) is 37.6 Å². The van der Waals surface area contributed by atoms with E-state index in [9.17, 15) is 0 Å². The summed E-state index contributed by atoms with van der Waals surface area (Å²) < 4.78 is 0. The highest BCUT2D eigenvalue weighted by Crippen LogP contribution is 2.23. The largest absolute Gasteiger partial charge is 0.313 e. The van der Waals surface area contributed by atoms with Crippen molar-refractivity contribution in [1.82, 2.24) is 10.3 Å². The van der Waals surface area contributed by atoms with Gasteiger partial charge in [-0.15, -0.1) is 0 Å². The monoisotopic (exact) mass is 192 g/mol. The summed E-state index contributed by atoms with van der Waals surface area (Å²) in [7, 11) is 2.02. The number of nitrogens with one attached hydrogen (secondary N) is 1. The second-order valence-corrected chi connectivity index (χ2v) is 3.88. The molecule has 2 unspecified atom stereocenters. The number of hydrogen-bond acceptors (Lipinski definition) is 2. The maximum atomic E-state index is 4.21. The van der Waals surface area contributed by atoms with Crippen LogP contribution in [-0.4, -0.2) is 12.0 Å². The van der Waals surface area contributed by atoms with Crippen LogP contribution in [0.3, 0.4) is 0 Å². The summed E-state index contributed by atoms with van der Waals surface area (Å²) in [5, 5.41) is 3.37. The summed E-state index contributed by atoms with van der Waals surface area (Å²) in [6, 6.07) is 4.70. The highest BCUT2D eigenvalue weighted by atomic mass is 14.9. The average molecular weight is 192 g/mol. The van der Waals surface area contributed by atoms with Gasteiger partial charge in [0.15, 0.2) is 0 Å². The molecule has 0 spiro atoms. The van der Waals surface area contributed by atoms with Gasteiger partial charge in [-0.25, -0.2) is 0 Å². The topological polar surface area (TPSA) is 24.9 Å². The van der Waals surface area contributed by atoms with Crippen LogP contribution in [0.2, 0.25) is 0 Å². The maximum absolute atomic E-state index is 4.21. The van der Waals surface area contributed by atoms with E-state index in [0.717, 1.165) is 5.69 Å². The summed E-state index contributed by atoms with van der Waals surface area (Å²) in [5.41, 5.74) is 2.43. The fraction of sp³-hybridized carbons (Fsp3) is 0.583. The molecular weight excluding hydrogens is 172 g/mol. The summed E-state index contributed by atoms with van der Waals surface area (Å²) in [4.78, 5) is 4.21. The SMILES string of the molecule is CCC(C)C(NC)c1ccnc(C)c1. The second kappa shape index (κ2) is 5.11. The molecule has 14 heavy (non-hydrogen) atoms. The zero-order valence-electron chi connectivity index (χ0n) is 9.54. The van der Waals surface area contributed by atoms with Crippen molar-refractivity contribution < 1.29 is 0 Å². The third-order valence-electron chi connectivity index (χ3n) is 2.80. The molecule has 2 heteroatoms. The molecule has 2 nitrogen and oxygen atoms in total. The van der Waals surface area contributed by atoms with Gasteiger partial charge in [-0.1, -0.05) is 20.3 Å². The summed E-state index contributed by atoms with van der Waals surface area (Å²) in [6.45, 7) is 6.53. The molecule has 78 valence electrons. The van der Waals surface area contributed by atoms with E-state index < -0.39 is 0 Å². The molecule has 1 N–H and O–H groups in total. The number of aromatic nitrogens is 1. The first-order chi connectivity index (χ1) is 6.69. The first-order valence-corrected chi connectivity index (χ1v) is 5.28. The fourth-order valence-corrected chi connectivity index (χ4v) is 1.78. The molecule has 1 aromatic heterocycles. The molecule has 1 heterocycles. The first-order valence-electron chi connectivity index (χ1n) is 5.28. The normalized spacial score (nSPS) is 15.1. The third kappa shape index (κ3) is 2.55. The standard InChI is InChI=1S/C12H20N2/c1-5-9(2)12(13-4)11-6-7-14-10(3)8-11/h6-9,12-13H,5H2,1-4H3. The Bertz CT molecular complexity index is 283. The first kappa shape index (κ1) is 11.2. The van der Waals surface area contributed by atoms with Crippen molar-refractivity contribution in [2.24, 2.45) is 5.92 Å². The second-order valence-electron chi connectivity index (χ2n) is 3.88. The van der Waals surface area contributed by atoms with Gasteiger partial charge in [0, 0.05) is 17.9 Å². The van der Waals surface area contributed by atoms with E-state index in [1.807, 2.05) is 20.2 Å². The van der Waals surface area contributed by atoms with Crippen molar-refractivity contribution in [3.05, 3.63) is 29.6 Å². The van der Waals surface area contributed by atoms with Gasteiger partial charge < -0.3 is 5.32 Å². The molecule has 0 saturated heterocycles. The Hall–Kier alpha value is -0.890. The zero-order chi connectivity index (χ0) is 10.6. The van der Waals surface area contributed by atoms with Crippen LogP contribution in [-0.2, 0) is 0 Å². The van der Waals surface area contributed by atoms with Gasteiger partial charge >= 0.3 is 0 Å². The van der Waals surface area contributed by atoms with Crippen LogP contribution in [0.5, 0.6) is 0 Å². The van der Waals surface area contributed by atoms with Crippen LogP contribution in [0.25, 0.3) is 0 Å².